The van der Waals surface area contributed by atoms with Crippen LogP contribution in [-0.2, 0) is 0 Å². The highest BCUT2D eigenvalue weighted by atomic mass is 15.0. The van der Waals surface area contributed by atoms with Gasteiger partial charge in [0.1, 0.15) is 5.82 Å². The Kier molecular flexibility index (Phi) is 2.68. The maximum Gasteiger partial charge on any atom is 0.126 e. The summed E-state index contributed by atoms with van der Waals surface area (Å²) in [6, 6.07) is 4.75. The minimum Gasteiger partial charge on any atom is -0.367 e. The normalized spacial score (nSPS) is 24.1. The molecule has 1 unspecified atom stereocenters. The summed E-state index contributed by atoms with van der Waals surface area (Å²) in [6.45, 7) is 6.79. The summed E-state index contributed by atoms with van der Waals surface area (Å²) in [5, 5.41) is 3.53. The standard InChI is InChI=1S/C13H20N2/c1-10-5-7-14-12(8-10)15-11-4-6-13(2,3)9-11/h5,7-8,11H,4,6,9H2,1-3H3,(H,14,15). The van der Waals surface area contributed by atoms with E-state index in [9.17, 15) is 0 Å². The molecule has 0 aliphatic heterocycles. The summed E-state index contributed by atoms with van der Waals surface area (Å²) in [4.78, 5) is 4.34. The monoisotopic (exact) mass is 204 g/mol. The van der Waals surface area contributed by atoms with Gasteiger partial charge < -0.3 is 5.32 Å². The van der Waals surface area contributed by atoms with Crippen molar-refractivity contribution in [3.05, 3.63) is 23.9 Å². The van der Waals surface area contributed by atoms with Crippen molar-refractivity contribution in [2.75, 3.05) is 5.32 Å². The Morgan fingerprint density at radius 1 is 1.47 bits per heavy atom. The molecule has 0 aromatic carbocycles. The van der Waals surface area contributed by atoms with Gasteiger partial charge in [0.15, 0.2) is 0 Å². The van der Waals surface area contributed by atoms with Crippen LogP contribution < -0.4 is 5.32 Å². The predicted octanol–water partition coefficient (Wildman–Crippen LogP) is 3.38. The lowest BCUT2D eigenvalue weighted by Crippen LogP contribution is -2.18. The highest BCUT2D eigenvalue weighted by Gasteiger charge is 2.30. The second-order valence-corrected chi connectivity index (χ2v) is 5.47. The minimum atomic E-state index is 0.501. The van der Waals surface area contributed by atoms with Crippen LogP contribution in [0.2, 0.25) is 0 Å². The molecule has 2 nitrogen and oxygen atoms in total. The van der Waals surface area contributed by atoms with Crippen LogP contribution in [0.4, 0.5) is 5.82 Å². The number of nitrogens with one attached hydrogen (secondary N) is 1. The van der Waals surface area contributed by atoms with Gasteiger partial charge in [0, 0.05) is 12.2 Å². The second-order valence-electron chi connectivity index (χ2n) is 5.47. The van der Waals surface area contributed by atoms with Crippen LogP contribution in [0, 0.1) is 12.3 Å². The Morgan fingerprint density at radius 2 is 2.27 bits per heavy atom. The molecule has 0 radical (unpaired) electrons. The van der Waals surface area contributed by atoms with Crippen LogP contribution in [-0.4, -0.2) is 11.0 Å². The van der Waals surface area contributed by atoms with Crippen LogP contribution in [0.15, 0.2) is 18.3 Å². The molecule has 0 saturated heterocycles. The van der Waals surface area contributed by atoms with E-state index in [1.165, 1.54) is 24.8 Å². The SMILES string of the molecule is Cc1ccnc(NC2CCC(C)(C)C2)c1. The summed E-state index contributed by atoms with van der Waals surface area (Å²) >= 11 is 0. The van der Waals surface area contributed by atoms with Gasteiger partial charge in [-0.2, -0.15) is 0 Å². The fraction of sp³-hybridized carbons (Fsp3) is 0.615. The molecule has 0 bridgehead atoms. The van der Waals surface area contributed by atoms with Crippen LogP contribution in [0.3, 0.4) is 0 Å². The molecular weight excluding hydrogens is 184 g/mol. The molecular formula is C13H20N2. The summed E-state index contributed by atoms with van der Waals surface area (Å²) in [5.41, 5.74) is 1.77. The Bertz CT molecular complexity index is 344. The lowest BCUT2D eigenvalue weighted by Gasteiger charge is -2.18. The third-order valence-electron chi connectivity index (χ3n) is 3.24. The van der Waals surface area contributed by atoms with Gasteiger partial charge in [0.25, 0.3) is 0 Å². The van der Waals surface area contributed by atoms with Crippen molar-refractivity contribution < 1.29 is 0 Å². The smallest absolute Gasteiger partial charge is 0.126 e. The Balaban J connectivity index is 1.99. The quantitative estimate of drug-likeness (QED) is 0.798. The third kappa shape index (κ3) is 2.71. The van der Waals surface area contributed by atoms with Crippen LogP contribution in [0.25, 0.3) is 0 Å². The second kappa shape index (κ2) is 3.84. The van der Waals surface area contributed by atoms with E-state index in [1.54, 1.807) is 0 Å². The summed E-state index contributed by atoms with van der Waals surface area (Å²) < 4.78 is 0. The molecule has 1 heterocycles. The van der Waals surface area contributed by atoms with E-state index in [2.05, 4.69) is 37.1 Å². The lowest BCUT2D eigenvalue weighted by atomic mass is 9.92. The molecule has 1 aliphatic carbocycles. The zero-order valence-corrected chi connectivity index (χ0v) is 9.88. The number of hydrogen-bond acceptors (Lipinski definition) is 2. The first-order valence-corrected chi connectivity index (χ1v) is 5.74. The molecule has 1 saturated carbocycles. The molecule has 82 valence electrons. The first-order chi connectivity index (χ1) is 7.05. The van der Waals surface area contributed by atoms with Gasteiger partial charge in [0.05, 0.1) is 0 Å². The molecule has 0 spiro atoms. The summed E-state index contributed by atoms with van der Waals surface area (Å²) in [7, 11) is 0. The van der Waals surface area contributed by atoms with Crippen molar-refractivity contribution in [2.45, 2.75) is 46.1 Å². The molecule has 2 rings (SSSR count). The van der Waals surface area contributed by atoms with E-state index in [4.69, 9.17) is 0 Å². The van der Waals surface area contributed by atoms with Crippen molar-refractivity contribution in [1.29, 1.82) is 0 Å². The highest BCUT2D eigenvalue weighted by molar-refractivity contribution is 5.38. The summed E-state index contributed by atoms with van der Waals surface area (Å²) in [5.74, 6) is 1.03. The molecule has 1 aliphatic rings. The van der Waals surface area contributed by atoms with Gasteiger partial charge in [-0.25, -0.2) is 4.98 Å². The lowest BCUT2D eigenvalue weighted by molar-refractivity contribution is 0.378. The van der Waals surface area contributed by atoms with Crippen molar-refractivity contribution in [2.24, 2.45) is 5.41 Å². The number of pyridine rings is 1. The first kappa shape index (κ1) is 10.5. The molecule has 1 aromatic rings. The summed E-state index contributed by atoms with van der Waals surface area (Å²) in [6.07, 6.45) is 5.71. The molecule has 1 atom stereocenters. The fourth-order valence-electron chi connectivity index (χ4n) is 2.38. The predicted molar refractivity (Wildman–Crippen MR) is 64.0 cm³/mol. The highest BCUT2D eigenvalue weighted by Crippen LogP contribution is 2.38. The first-order valence-electron chi connectivity index (χ1n) is 5.74. The Morgan fingerprint density at radius 3 is 2.87 bits per heavy atom. The van der Waals surface area contributed by atoms with Gasteiger partial charge in [-0.15, -0.1) is 0 Å². The van der Waals surface area contributed by atoms with Crippen molar-refractivity contribution in [1.82, 2.24) is 4.98 Å². The van der Waals surface area contributed by atoms with E-state index in [0.29, 0.717) is 11.5 Å². The van der Waals surface area contributed by atoms with Gasteiger partial charge in [-0.05, 0) is 49.3 Å². The van der Waals surface area contributed by atoms with Crippen LogP contribution in [0.1, 0.15) is 38.7 Å². The Hall–Kier alpha value is -1.05. The molecule has 1 N–H and O–H groups in total. The van der Waals surface area contributed by atoms with E-state index < -0.39 is 0 Å². The van der Waals surface area contributed by atoms with Crippen molar-refractivity contribution >= 4 is 5.82 Å². The number of hydrogen-bond donors (Lipinski definition) is 1. The maximum atomic E-state index is 4.34. The van der Waals surface area contributed by atoms with E-state index in [-0.39, 0.29) is 0 Å². The number of aromatic nitrogens is 1. The number of anilines is 1. The maximum absolute atomic E-state index is 4.34. The molecule has 1 aromatic heterocycles. The van der Waals surface area contributed by atoms with Gasteiger partial charge >= 0.3 is 0 Å². The van der Waals surface area contributed by atoms with E-state index in [1.807, 2.05) is 12.3 Å². The third-order valence-corrected chi connectivity index (χ3v) is 3.24. The minimum absolute atomic E-state index is 0.501. The average Bonchev–Trinajstić information content (AvgIpc) is 2.45. The molecule has 15 heavy (non-hydrogen) atoms. The number of aryl methyl sites for hydroxylation is 1. The average molecular weight is 204 g/mol. The molecule has 1 fully saturated rings. The van der Waals surface area contributed by atoms with E-state index in [0.717, 1.165) is 5.82 Å². The molecule has 0 amide bonds. The fourth-order valence-corrected chi connectivity index (χ4v) is 2.38. The molecule has 2 heteroatoms. The van der Waals surface area contributed by atoms with Gasteiger partial charge in [-0.3, -0.25) is 0 Å². The largest absolute Gasteiger partial charge is 0.367 e. The van der Waals surface area contributed by atoms with Crippen LogP contribution in [0.5, 0.6) is 0 Å². The van der Waals surface area contributed by atoms with E-state index >= 15 is 0 Å². The van der Waals surface area contributed by atoms with Crippen molar-refractivity contribution in [3.63, 3.8) is 0 Å². The van der Waals surface area contributed by atoms with Crippen LogP contribution >= 0.6 is 0 Å². The Labute approximate surface area is 92.1 Å². The van der Waals surface area contributed by atoms with Gasteiger partial charge in [-0.1, -0.05) is 13.8 Å². The number of nitrogens with zero attached hydrogens (tertiary/aromatic N) is 1. The topological polar surface area (TPSA) is 24.9 Å². The van der Waals surface area contributed by atoms with Crippen molar-refractivity contribution in [3.8, 4) is 0 Å². The zero-order valence-electron chi connectivity index (χ0n) is 9.88. The van der Waals surface area contributed by atoms with Gasteiger partial charge in [0.2, 0.25) is 0 Å². The number of rotatable bonds is 2. The zero-order chi connectivity index (χ0) is 10.9.